The third-order valence-corrected chi connectivity index (χ3v) is 4.69. The Bertz CT molecular complexity index is 695. The number of piperidine rings is 1. The monoisotopic (exact) mass is 339 g/mol. The predicted octanol–water partition coefficient (Wildman–Crippen LogP) is 2.77. The topological polar surface area (TPSA) is 63.2 Å². The number of nitrogens with zero attached hydrogens (tertiary/aromatic N) is 1. The molecule has 2 aromatic rings. The molecule has 0 radical (unpaired) electrons. The number of benzene rings is 1. The van der Waals surface area contributed by atoms with Gasteiger partial charge in [-0.25, -0.2) is 0 Å². The summed E-state index contributed by atoms with van der Waals surface area (Å²) in [5.41, 5.74) is 1.31. The van der Waals surface area contributed by atoms with Crippen molar-refractivity contribution in [2.24, 2.45) is 0 Å². The van der Waals surface area contributed by atoms with Crippen LogP contribution in [-0.2, 0) is 4.79 Å². The van der Waals surface area contributed by atoms with Crippen LogP contribution in [0.1, 0.15) is 36.9 Å². The molecule has 5 nitrogen and oxygen atoms in total. The van der Waals surface area contributed by atoms with Gasteiger partial charge in [0.2, 0.25) is 0 Å². The van der Waals surface area contributed by atoms with Crippen LogP contribution >= 0.6 is 0 Å². The molecule has 0 spiro atoms. The van der Waals surface area contributed by atoms with E-state index >= 15 is 0 Å². The van der Waals surface area contributed by atoms with Gasteiger partial charge in [0.15, 0.2) is 5.60 Å². The van der Waals surface area contributed by atoms with E-state index in [1.807, 2.05) is 50.2 Å². The quantitative estimate of drug-likeness (QED) is 0.879. The molecule has 1 amide bonds. The van der Waals surface area contributed by atoms with Crippen molar-refractivity contribution in [2.75, 3.05) is 13.1 Å². The number of aryl methyl sites for hydroxylation is 1. The van der Waals surface area contributed by atoms with Crippen LogP contribution in [0.5, 0.6) is 5.75 Å². The van der Waals surface area contributed by atoms with Gasteiger partial charge in [0.25, 0.3) is 5.91 Å². The van der Waals surface area contributed by atoms with E-state index in [1.54, 1.807) is 12.4 Å². The van der Waals surface area contributed by atoms with Crippen LogP contribution in [-0.4, -0.2) is 29.6 Å². The van der Waals surface area contributed by atoms with E-state index in [0.717, 1.165) is 24.4 Å². The molecule has 1 atom stereocenters. The van der Waals surface area contributed by atoms with Crippen LogP contribution in [0.25, 0.3) is 0 Å². The lowest BCUT2D eigenvalue weighted by Gasteiger charge is -2.37. The number of nitrogens with one attached hydrogen (secondary N) is 2. The van der Waals surface area contributed by atoms with Crippen molar-refractivity contribution in [1.82, 2.24) is 15.6 Å². The molecule has 5 heteroatoms. The molecule has 1 fully saturated rings. The lowest BCUT2D eigenvalue weighted by Crippen LogP contribution is -2.56. The zero-order valence-corrected chi connectivity index (χ0v) is 14.8. The van der Waals surface area contributed by atoms with E-state index in [9.17, 15) is 4.79 Å². The van der Waals surface area contributed by atoms with Gasteiger partial charge in [-0.05, 0) is 50.7 Å². The van der Waals surface area contributed by atoms with Crippen molar-refractivity contribution in [3.05, 3.63) is 59.9 Å². The average molecular weight is 339 g/mol. The van der Waals surface area contributed by atoms with Crippen LogP contribution in [0.3, 0.4) is 0 Å². The third-order valence-electron chi connectivity index (χ3n) is 4.69. The predicted molar refractivity (Wildman–Crippen MR) is 97.4 cm³/mol. The average Bonchev–Trinajstić information content (AvgIpc) is 2.65. The lowest BCUT2D eigenvalue weighted by molar-refractivity contribution is -0.140. The molecular formula is C20H25N3O2. The van der Waals surface area contributed by atoms with Crippen LogP contribution < -0.4 is 15.4 Å². The standard InChI is InChI=1S/C20H25N3O2/c1-15-5-7-18(8-6-15)25-20(9-12-21-13-10-20)19(24)23-16(2)17-4-3-11-22-14-17/h3-8,11,14,16,21H,9-10,12-13H2,1-2H3,(H,23,24)/t16-/m0/s1. The van der Waals surface area contributed by atoms with Gasteiger partial charge in [0.05, 0.1) is 6.04 Å². The first kappa shape index (κ1) is 17.4. The van der Waals surface area contributed by atoms with Gasteiger partial charge in [-0.1, -0.05) is 23.8 Å². The molecular weight excluding hydrogens is 314 g/mol. The van der Waals surface area contributed by atoms with Gasteiger partial charge < -0.3 is 15.4 Å². The molecule has 2 N–H and O–H groups in total. The molecule has 25 heavy (non-hydrogen) atoms. The van der Waals surface area contributed by atoms with Crippen molar-refractivity contribution >= 4 is 5.91 Å². The molecule has 1 aliphatic heterocycles. The largest absolute Gasteiger partial charge is 0.477 e. The molecule has 132 valence electrons. The molecule has 0 aliphatic carbocycles. The number of amides is 1. The molecule has 0 bridgehead atoms. The van der Waals surface area contributed by atoms with E-state index in [2.05, 4.69) is 15.6 Å². The normalized spacial score (nSPS) is 17.5. The number of hydrogen-bond acceptors (Lipinski definition) is 4. The maximum absolute atomic E-state index is 13.1. The maximum Gasteiger partial charge on any atom is 0.264 e. The van der Waals surface area contributed by atoms with Crippen molar-refractivity contribution in [3.8, 4) is 5.75 Å². The Morgan fingerprint density at radius 1 is 1.24 bits per heavy atom. The first-order valence-corrected chi connectivity index (χ1v) is 8.76. The minimum absolute atomic E-state index is 0.0640. The van der Waals surface area contributed by atoms with Crippen molar-refractivity contribution in [3.63, 3.8) is 0 Å². The number of carbonyl (C=O) groups is 1. The first-order chi connectivity index (χ1) is 12.1. The number of aromatic nitrogens is 1. The summed E-state index contributed by atoms with van der Waals surface area (Å²) >= 11 is 0. The summed E-state index contributed by atoms with van der Waals surface area (Å²) in [6.45, 7) is 5.53. The number of ether oxygens (including phenoxy) is 1. The Hall–Kier alpha value is -2.40. The molecule has 3 rings (SSSR count). The fourth-order valence-corrected chi connectivity index (χ4v) is 3.08. The highest BCUT2D eigenvalue weighted by Gasteiger charge is 2.42. The smallest absolute Gasteiger partial charge is 0.264 e. The van der Waals surface area contributed by atoms with Crippen LogP contribution in [0, 0.1) is 6.92 Å². The minimum atomic E-state index is -0.836. The molecule has 1 aromatic carbocycles. The highest BCUT2D eigenvalue weighted by molar-refractivity contribution is 5.86. The summed E-state index contributed by atoms with van der Waals surface area (Å²) in [7, 11) is 0. The second-order valence-electron chi connectivity index (χ2n) is 6.64. The molecule has 0 unspecified atom stereocenters. The van der Waals surface area contributed by atoms with Crippen molar-refractivity contribution < 1.29 is 9.53 Å². The van der Waals surface area contributed by atoms with E-state index in [1.165, 1.54) is 5.56 Å². The van der Waals surface area contributed by atoms with Crippen LogP contribution in [0.4, 0.5) is 0 Å². The fourth-order valence-electron chi connectivity index (χ4n) is 3.08. The number of hydrogen-bond donors (Lipinski definition) is 2. The van der Waals surface area contributed by atoms with Gasteiger partial charge in [0, 0.05) is 25.2 Å². The van der Waals surface area contributed by atoms with Crippen molar-refractivity contribution in [2.45, 2.75) is 38.3 Å². The van der Waals surface area contributed by atoms with Gasteiger partial charge in [-0.3, -0.25) is 9.78 Å². The molecule has 0 saturated carbocycles. The lowest BCUT2D eigenvalue weighted by atomic mass is 9.90. The van der Waals surface area contributed by atoms with Gasteiger partial charge in [-0.2, -0.15) is 0 Å². The first-order valence-electron chi connectivity index (χ1n) is 8.76. The second-order valence-corrected chi connectivity index (χ2v) is 6.64. The maximum atomic E-state index is 13.1. The Morgan fingerprint density at radius 2 is 1.96 bits per heavy atom. The van der Waals surface area contributed by atoms with Gasteiger partial charge in [-0.15, -0.1) is 0 Å². The van der Waals surface area contributed by atoms with E-state index < -0.39 is 5.60 Å². The van der Waals surface area contributed by atoms with E-state index in [0.29, 0.717) is 12.8 Å². The molecule has 2 heterocycles. The van der Waals surface area contributed by atoms with Crippen LogP contribution in [0.15, 0.2) is 48.8 Å². The Balaban J connectivity index is 1.77. The summed E-state index contributed by atoms with van der Waals surface area (Å²) < 4.78 is 6.23. The summed E-state index contributed by atoms with van der Waals surface area (Å²) in [5.74, 6) is 0.669. The highest BCUT2D eigenvalue weighted by atomic mass is 16.5. The zero-order valence-electron chi connectivity index (χ0n) is 14.8. The Kier molecular flexibility index (Phi) is 5.34. The second kappa shape index (κ2) is 7.66. The molecule has 1 saturated heterocycles. The van der Waals surface area contributed by atoms with Crippen molar-refractivity contribution in [1.29, 1.82) is 0 Å². The summed E-state index contributed by atoms with van der Waals surface area (Å²) in [5, 5.41) is 6.41. The third kappa shape index (κ3) is 4.17. The number of carbonyl (C=O) groups excluding carboxylic acids is 1. The number of pyridine rings is 1. The Labute approximate surface area is 148 Å². The Morgan fingerprint density at radius 3 is 2.60 bits per heavy atom. The fraction of sp³-hybridized carbons (Fsp3) is 0.400. The summed E-state index contributed by atoms with van der Waals surface area (Å²) in [6.07, 6.45) is 4.80. The highest BCUT2D eigenvalue weighted by Crippen LogP contribution is 2.28. The minimum Gasteiger partial charge on any atom is -0.477 e. The SMILES string of the molecule is Cc1ccc(OC2(C(=O)N[C@@H](C)c3cccnc3)CCNCC2)cc1. The van der Waals surface area contributed by atoms with Crippen LogP contribution in [0.2, 0.25) is 0 Å². The van der Waals surface area contributed by atoms with Gasteiger partial charge in [0.1, 0.15) is 5.75 Å². The van der Waals surface area contributed by atoms with Gasteiger partial charge >= 0.3 is 0 Å². The molecule has 1 aromatic heterocycles. The zero-order chi connectivity index (χ0) is 17.7. The van der Waals surface area contributed by atoms with E-state index in [4.69, 9.17) is 4.74 Å². The summed E-state index contributed by atoms with van der Waals surface area (Å²) in [4.78, 5) is 17.2. The summed E-state index contributed by atoms with van der Waals surface area (Å²) in [6, 6.07) is 11.6. The van der Waals surface area contributed by atoms with E-state index in [-0.39, 0.29) is 11.9 Å². The molecule has 1 aliphatic rings. The number of rotatable bonds is 5.